The van der Waals surface area contributed by atoms with Gasteiger partial charge in [-0.1, -0.05) is 37.3 Å². The normalized spacial score (nSPS) is 12.7. The molecule has 2 N–H and O–H groups in total. The number of nitrogens with zero attached hydrogens (tertiary/aromatic N) is 1. The molecule has 0 saturated heterocycles. The maximum absolute atomic E-state index is 12.7. The number of carbonyl (C=O) groups is 1. The lowest BCUT2D eigenvalue weighted by Gasteiger charge is -2.25. The topological polar surface area (TPSA) is 87.7 Å². The van der Waals surface area contributed by atoms with Crippen LogP contribution in [0.5, 0.6) is 0 Å². The van der Waals surface area contributed by atoms with Gasteiger partial charge < -0.3 is 15.0 Å². The van der Waals surface area contributed by atoms with Crippen LogP contribution in [0, 0.1) is 0 Å². The first kappa shape index (κ1) is 24.0. The number of nitrogens with one attached hydrogen (secondary N) is 2. The summed E-state index contributed by atoms with van der Waals surface area (Å²) in [7, 11) is 1.72. The Labute approximate surface area is 179 Å². The number of hydrogen-bond acceptors (Lipinski definition) is 5. The Bertz CT molecular complexity index is 928. The van der Waals surface area contributed by atoms with Crippen molar-refractivity contribution in [1.29, 1.82) is 0 Å². The zero-order valence-corrected chi connectivity index (χ0v) is 18.8. The SMILES string of the molecule is CCc1ccc(C(CNC(=O)c2cccc(S(=O)(=O)NCCOC)c2)N(C)C)cc1. The number of ether oxygens (including phenoxy) is 1. The third-order valence-corrected chi connectivity index (χ3v) is 6.32. The molecule has 30 heavy (non-hydrogen) atoms. The molecule has 0 heterocycles. The molecule has 0 aliphatic carbocycles. The molecule has 0 aliphatic heterocycles. The van der Waals surface area contributed by atoms with Gasteiger partial charge in [-0.2, -0.15) is 0 Å². The van der Waals surface area contributed by atoms with Crippen LogP contribution < -0.4 is 10.0 Å². The van der Waals surface area contributed by atoms with Gasteiger partial charge in [-0.25, -0.2) is 13.1 Å². The van der Waals surface area contributed by atoms with E-state index in [1.807, 2.05) is 19.0 Å². The molecule has 0 radical (unpaired) electrons. The number of likely N-dealkylation sites (N-methyl/N-ethyl adjacent to an activating group) is 1. The van der Waals surface area contributed by atoms with Gasteiger partial charge in [0.05, 0.1) is 17.5 Å². The van der Waals surface area contributed by atoms with Gasteiger partial charge in [0.2, 0.25) is 10.0 Å². The molecule has 7 nitrogen and oxygen atoms in total. The summed E-state index contributed by atoms with van der Waals surface area (Å²) in [6, 6.07) is 14.4. The second-order valence-electron chi connectivity index (χ2n) is 7.20. The van der Waals surface area contributed by atoms with E-state index in [2.05, 4.69) is 41.2 Å². The van der Waals surface area contributed by atoms with E-state index >= 15 is 0 Å². The van der Waals surface area contributed by atoms with Gasteiger partial charge in [-0.15, -0.1) is 0 Å². The van der Waals surface area contributed by atoms with Crippen molar-refractivity contribution >= 4 is 15.9 Å². The van der Waals surface area contributed by atoms with Gasteiger partial charge >= 0.3 is 0 Å². The molecule has 0 aromatic heterocycles. The van der Waals surface area contributed by atoms with Crippen LogP contribution in [0.15, 0.2) is 53.4 Å². The van der Waals surface area contributed by atoms with E-state index in [1.54, 1.807) is 12.1 Å². The van der Waals surface area contributed by atoms with Gasteiger partial charge in [0.25, 0.3) is 5.91 Å². The van der Waals surface area contributed by atoms with Crippen LogP contribution in [0.4, 0.5) is 0 Å². The quantitative estimate of drug-likeness (QED) is 0.531. The van der Waals surface area contributed by atoms with Crippen LogP contribution in [0.25, 0.3) is 0 Å². The van der Waals surface area contributed by atoms with Crippen LogP contribution in [-0.2, 0) is 21.2 Å². The minimum atomic E-state index is -3.70. The van der Waals surface area contributed by atoms with E-state index in [0.29, 0.717) is 12.1 Å². The van der Waals surface area contributed by atoms with E-state index in [9.17, 15) is 13.2 Å². The highest BCUT2D eigenvalue weighted by Gasteiger charge is 2.18. The Morgan fingerprint density at radius 2 is 1.83 bits per heavy atom. The number of sulfonamides is 1. The largest absolute Gasteiger partial charge is 0.383 e. The van der Waals surface area contributed by atoms with Crippen molar-refractivity contribution in [2.75, 3.05) is 40.9 Å². The molecule has 8 heteroatoms. The predicted octanol–water partition coefficient (Wildman–Crippen LogP) is 2.21. The van der Waals surface area contributed by atoms with Gasteiger partial charge in [0.15, 0.2) is 0 Å². The zero-order chi connectivity index (χ0) is 22.1. The first-order valence-electron chi connectivity index (χ1n) is 9.90. The Hall–Kier alpha value is -2.26. The monoisotopic (exact) mass is 433 g/mol. The number of hydrogen-bond donors (Lipinski definition) is 2. The molecule has 1 unspecified atom stereocenters. The lowest BCUT2D eigenvalue weighted by atomic mass is 10.0. The Morgan fingerprint density at radius 1 is 1.13 bits per heavy atom. The molecule has 0 saturated carbocycles. The Balaban J connectivity index is 2.09. The van der Waals surface area contributed by atoms with Gasteiger partial charge in [0, 0.05) is 25.8 Å². The molecular weight excluding hydrogens is 402 g/mol. The molecule has 0 bridgehead atoms. The first-order chi connectivity index (χ1) is 14.3. The maximum Gasteiger partial charge on any atom is 0.251 e. The zero-order valence-electron chi connectivity index (χ0n) is 18.0. The fourth-order valence-corrected chi connectivity index (χ4v) is 4.09. The summed E-state index contributed by atoms with van der Waals surface area (Å²) < 4.78 is 32.0. The van der Waals surface area contributed by atoms with Crippen molar-refractivity contribution in [1.82, 2.24) is 14.9 Å². The molecule has 164 valence electrons. The third-order valence-electron chi connectivity index (χ3n) is 4.86. The van der Waals surface area contributed by atoms with Gasteiger partial charge in [0.1, 0.15) is 0 Å². The lowest BCUT2D eigenvalue weighted by Crippen LogP contribution is -2.34. The van der Waals surface area contributed by atoms with Crippen molar-refractivity contribution in [2.24, 2.45) is 0 Å². The van der Waals surface area contributed by atoms with Crippen molar-refractivity contribution in [3.05, 3.63) is 65.2 Å². The average molecular weight is 434 g/mol. The highest BCUT2D eigenvalue weighted by atomic mass is 32.2. The number of aryl methyl sites for hydroxylation is 1. The van der Waals surface area contributed by atoms with Crippen LogP contribution in [0.1, 0.15) is 34.5 Å². The fraction of sp³-hybridized carbons (Fsp3) is 0.409. The van der Waals surface area contributed by atoms with Crippen LogP contribution in [0.3, 0.4) is 0 Å². The highest BCUT2D eigenvalue weighted by Crippen LogP contribution is 2.19. The van der Waals surface area contributed by atoms with Crippen LogP contribution in [-0.4, -0.2) is 60.1 Å². The summed E-state index contributed by atoms with van der Waals surface area (Å²) in [5.74, 6) is -0.319. The molecule has 1 amide bonds. The molecule has 0 aliphatic rings. The number of carbonyl (C=O) groups excluding carboxylic acids is 1. The number of methoxy groups -OCH3 is 1. The van der Waals surface area contributed by atoms with Crippen molar-refractivity contribution in [3.63, 3.8) is 0 Å². The van der Waals surface area contributed by atoms with Crippen LogP contribution >= 0.6 is 0 Å². The number of amides is 1. The summed E-state index contributed by atoms with van der Waals surface area (Å²) in [5.41, 5.74) is 2.66. The number of benzene rings is 2. The lowest BCUT2D eigenvalue weighted by molar-refractivity contribution is 0.0941. The van der Waals surface area contributed by atoms with Crippen molar-refractivity contribution < 1.29 is 17.9 Å². The predicted molar refractivity (Wildman–Crippen MR) is 118 cm³/mol. The second kappa shape index (κ2) is 11.2. The average Bonchev–Trinajstić information content (AvgIpc) is 2.74. The van der Waals surface area contributed by atoms with E-state index < -0.39 is 10.0 Å². The highest BCUT2D eigenvalue weighted by molar-refractivity contribution is 7.89. The molecule has 2 rings (SSSR count). The summed E-state index contributed by atoms with van der Waals surface area (Å²) in [6.07, 6.45) is 0.975. The summed E-state index contributed by atoms with van der Waals surface area (Å²) in [6.45, 7) is 2.95. The second-order valence-corrected chi connectivity index (χ2v) is 8.97. The maximum atomic E-state index is 12.7. The Morgan fingerprint density at radius 3 is 2.43 bits per heavy atom. The van der Waals surface area contributed by atoms with Crippen molar-refractivity contribution in [3.8, 4) is 0 Å². The molecule has 2 aromatic rings. The molecule has 1 atom stereocenters. The van der Waals surface area contributed by atoms with E-state index in [0.717, 1.165) is 12.0 Å². The minimum absolute atomic E-state index is 0.00230. The van der Waals surface area contributed by atoms with Crippen molar-refractivity contribution in [2.45, 2.75) is 24.3 Å². The molecule has 2 aromatic carbocycles. The van der Waals surface area contributed by atoms with Gasteiger partial charge in [-0.3, -0.25) is 4.79 Å². The molecule has 0 fully saturated rings. The smallest absolute Gasteiger partial charge is 0.251 e. The van der Waals surface area contributed by atoms with Gasteiger partial charge in [-0.05, 0) is 49.8 Å². The summed E-state index contributed by atoms with van der Waals surface area (Å²) >= 11 is 0. The van der Waals surface area contributed by atoms with E-state index in [1.165, 1.54) is 24.8 Å². The van der Waals surface area contributed by atoms with E-state index in [4.69, 9.17) is 4.74 Å². The summed E-state index contributed by atoms with van der Waals surface area (Å²) in [4.78, 5) is 14.8. The number of rotatable bonds is 11. The first-order valence-corrected chi connectivity index (χ1v) is 11.4. The third kappa shape index (κ3) is 6.63. The van der Waals surface area contributed by atoms with E-state index in [-0.39, 0.29) is 30.0 Å². The molecular formula is C22H31N3O4S. The standard InChI is InChI=1S/C22H31N3O4S/c1-5-17-9-11-18(12-10-17)21(25(2)3)16-23-22(26)19-7-6-8-20(15-19)30(27,28)24-13-14-29-4/h6-12,15,21,24H,5,13-14,16H2,1-4H3,(H,23,26). The Kier molecular flexibility index (Phi) is 8.98. The fourth-order valence-electron chi connectivity index (χ4n) is 3.03. The minimum Gasteiger partial charge on any atom is -0.383 e. The molecule has 0 spiro atoms. The summed E-state index contributed by atoms with van der Waals surface area (Å²) in [5, 5.41) is 2.92. The van der Waals surface area contributed by atoms with Crippen LogP contribution in [0.2, 0.25) is 0 Å².